The molecule has 1 aromatic rings. The average molecular weight is 235 g/mol. The number of hydrogen-bond donors (Lipinski definition) is 1. The van der Waals surface area contributed by atoms with E-state index in [1.165, 1.54) is 32.1 Å². The van der Waals surface area contributed by atoms with Crippen molar-refractivity contribution in [3.05, 3.63) is 12.3 Å². The molecule has 1 aliphatic rings. The first kappa shape index (κ1) is 12.5. The van der Waals surface area contributed by atoms with Crippen molar-refractivity contribution in [2.45, 2.75) is 58.9 Å². The molecule has 0 saturated heterocycles. The van der Waals surface area contributed by atoms with Gasteiger partial charge in [0.05, 0.1) is 12.2 Å². The van der Waals surface area contributed by atoms with Crippen molar-refractivity contribution < 1.29 is 0 Å². The molecule has 2 atom stereocenters. The van der Waals surface area contributed by atoms with Gasteiger partial charge in [-0.15, -0.1) is 0 Å². The quantitative estimate of drug-likeness (QED) is 0.755. The Balaban J connectivity index is 2.04. The lowest BCUT2D eigenvalue weighted by atomic mass is 9.76. The van der Waals surface area contributed by atoms with Crippen LogP contribution >= 0.6 is 0 Å². The molecule has 0 radical (unpaired) electrons. The van der Waals surface area contributed by atoms with Crippen LogP contribution in [0.4, 0.5) is 5.82 Å². The molecule has 0 bridgehead atoms. The minimum atomic E-state index is 0.435. The lowest BCUT2D eigenvalue weighted by Crippen LogP contribution is -2.20. The Morgan fingerprint density at radius 2 is 2.00 bits per heavy atom. The van der Waals surface area contributed by atoms with Gasteiger partial charge in [-0.3, -0.25) is 0 Å². The Kier molecular flexibility index (Phi) is 3.45. The summed E-state index contributed by atoms with van der Waals surface area (Å²) in [7, 11) is 0. The van der Waals surface area contributed by atoms with Crippen molar-refractivity contribution in [2.24, 2.45) is 11.3 Å². The minimum Gasteiger partial charge on any atom is -0.384 e. The van der Waals surface area contributed by atoms with E-state index >= 15 is 0 Å². The van der Waals surface area contributed by atoms with Crippen LogP contribution in [0.2, 0.25) is 0 Å². The van der Waals surface area contributed by atoms with Gasteiger partial charge < -0.3 is 5.73 Å². The van der Waals surface area contributed by atoms with Gasteiger partial charge in [0.2, 0.25) is 0 Å². The normalized spacial score (nSPS) is 26.8. The minimum absolute atomic E-state index is 0.435. The van der Waals surface area contributed by atoms with E-state index in [0.717, 1.165) is 11.7 Å². The molecule has 1 aromatic heterocycles. The van der Waals surface area contributed by atoms with E-state index in [-0.39, 0.29) is 0 Å². The lowest BCUT2D eigenvalue weighted by Gasteiger charge is -2.29. The molecule has 2 rings (SSSR count). The molecule has 1 fully saturated rings. The number of hydrogen-bond acceptors (Lipinski definition) is 2. The van der Waals surface area contributed by atoms with Gasteiger partial charge in [-0.25, -0.2) is 4.68 Å². The summed E-state index contributed by atoms with van der Waals surface area (Å²) in [6, 6.07) is 2.41. The predicted octanol–water partition coefficient (Wildman–Crippen LogP) is 3.63. The summed E-state index contributed by atoms with van der Waals surface area (Å²) in [5.41, 5.74) is 6.38. The lowest BCUT2D eigenvalue weighted by molar-refractivity contribution is 0.212. The van der Waals surface area contributed by atoms with Crippen LogP contribution in [-0.2, 0) is 0 Å². The number of nitrogens with two attached hydrogens (primary N) is 1. The smallest absolute Gasteiger partial charge is 0.121 e. The Morgan fingerprint density at radius 3 is 2.59 bits per heavy atom. The Bertz CT molecular complexity index is 362. The van der Waals surface area contributed by atoms with Crippen LogP contribution in [0, 0.1) is 11.3 Å². The van der Waals surface area contributed by atoms with Gasteiger partial charge in [0.1, 0.15) is 5.82 Å². The highest BCUT2D eigenvalue weighted by Gasteiger charge is 2.28. The van der Waals surface area contributed by atoms with Crippen molar-refractivity contribution in [1.29, 1.82) is 0 Å². The molecule has 17 heavy (non-hydrogen) atoms. The second kappa shape index (κ2) is 4.71. The number of nitrogens with zero attached hydrogens (tertiary/aromatic N) is 2. The van der Waals surface area contributed by atoms with E-state index < -0.39 is 0 Å². The fourth-order valence-electron chi connectivity index (χ4n) is 3.02. The van der Waals surface area contributed by atoms with Gasteiger partial charge in [-0.1, -0.05) is 27.2 Å². The summed E-state index contributed by atoms with van der Waals surface area (Å²) in [5, 5.41) is 4.36. The molecule has 0 spiro atoms. The topological polar surface area (TPSA) is 43.8 Å². The van der Waals surface area contributed by atoms with Crippen LogP contribution in [0.15, 0.2) is 12.3 Å². The van der Waals surface area contributed by atoms with Gasteiger partial charge in [-0.05, 0) is 43.1 Å². The Morgan fingerprint density at radius 1 is 1.24 bits per heavy atom. The number of aromatic nitrogens is 2. The van der Waals surface area contributed by atoms with Crippen molar-refractivity contribution in [3.63, 3.8) is 0 Å². The van der Waals surface area contributed by atoms with E-state index in [1.807, 2.05) is 16.9 Å². The van der Waals surface area contributed by atoms with E-state index in [1.54, 1.807) is 0 Å². The van der Waals surface area contributed by atoms with E-state index in [0.29, 0.717) is 11.5 Å². The molecule has 1 aliphatic carbocycles. The number of anilines is 1. The molecular formula is C14H25N3. The van der Waals surface area contributed by atoms with Crippen LogP contribution in [0.5, 0.6) is 0 Å². The maximum Gasteiger partial charge on any atom is 0.121 e. The highest BCUT2D eigenvalue weighted by Crippen LogP contribution is 2.39. The van der Waals surface area contributed by atoms with Gasteiger partial charge in [0.15, 0.2) is 0 Å². The van der Waals surface area contributed by atoms with Crippen LogP contribution in [0.25, 0.3) is 0 Å². The molecule has 3 nitrogen and oxygen atoms in total. The van der Waals surface area contributed by atoms with Crippen molar-refractivity contribution in [2.75, 3.05) is 5.73 Å². The summed E-state index contributed by atoms with van der Waals surface area (Å²) in [5.74, 6) is 1.65. The van der Waals surface area contributed by atoms with Crippen LogP contribution in [0.1, 0.15) is 58.9 Å². The largest absolute Gasteiger partial charge is 0.384 e. The van der Waals surface area contributed by atoms with Gasteiger partial charge in [-0.2, -0.15) is 5.10 Å². The maximum absolute atomic E-state index is 5.94. The summed E-state index contributed by atoms with van der Waals surface area (Å²) in [6.45, 7) is 7.08. The maximum atomic E-state index is 5.94. The second-order valence-electron chi connectivity index (χ2n) is 6.43. The van der Waals surface area contributed by atoms with Gasteiger partial charge >= 0.3 is 0 Å². The molecule has 96 valence electrons. The first-order valence-corrected chi connectivity index (χ1v) is 6.77. The van der Waals surface area contributed by atoms with Crippen LogP contribution in [-0.4, -0.2) is 9.78 Å². The van der Waals surface area contributed by atoms with Gasteiger partial charge in [0, 0.05) is 0 Å². The summed E-state index contributed by atoms with van der Waals surface area (Å²) in [4.78, 5) is 0. The molecule has 2 N–H and O–H groups in total. The highest BCUT2D eigenvalue weighted by molar-refractivity contribution is 5.26. The van der Waals surface area contributed by atoms with E-state index in [9.17, 15) is 0 Å². The summed E-state index contributed by atoms with van der Waals surface area (Å²) >= 11 is 0. The van der Waals surface area contributed by atoms with Crippen molar-refractivity contribution in [1.82, 2.24) is 9.78 Å². The number of rotatable bonds is 1. The third kappa shape index (κ3) is 2.82. The zero-order chi connectivity index (χ0) is 12.5. The zero-order valence-electron chi connectivity index (χ0n) is 11.3. The van der Waals surface area contributed by atoms with E-state index in [2.05, 4.69) is 25.9 Å². The zero-order valence-corrected chi connectivity index (χ0v) is 11.3. The molecule has 1 saturated carbocycles. The highest BCUT2D eigenvalue weighted by atomic mass is 15.3. The summed E-state index contributed by atoms with van der Waals surface area (Å²) < 4.78 is 2.02. The molecule has 1 heterocycles. The third-order valence-corrected chi connectivity index (χ3v) is 4.21. The number of nitrogen functional groups attached to an aromatic ring is 1. The fraction of sp³-hybridized carbons (Fsp3) is 0.786. The molecule has 2 unspecified atom stereocenters. The van der Waals surface area contributed by atoms with Crippen LogP contribution in [0.3, 0.4) is 0 Å². The monoisotopic (exact) mass is 235 g/mol. The molecular weight excluding hydrogens is 210 g/mol. The first-order chi connectivity index (χ1) is 7.98. The first-order valence-electron chi connectivity index (χ1n) is 6.77. The standard InChI is InChI=1S/C14H25N3/c1-14(2,3)11-5-4-6-12(8-7-11)17-13(15)9-10-16-17/h9-12H,4-8,15H2,1-3H3. The molecule has 0 aromatic carbocycles. The van der Waals surface area contributed by atoms with Crippen LogP contribution < -0.4 is 5.73 Å². The van der Waals surface area contributed by atoms with Crippen molar-refractivity contribution in [3.8, 4) is 0 Å². The Hall–Kier alpha value is -0.990. The SMILES string of the molecule is CC(C)(C)C1CCCC(n2nccc2N)CC1. The fourth-order valence-corrected chi connectivity index (χ4v) is 3.02. The third-order valence-electron chi connectivity index (χ3n) is 4.21. The van der Waals surface area contributed by atoms with Crippen molar-refractivity contribution >= 4 is 5.82 Å². The molecule has 0 amide bonds. The summed E-state index contributed by atoms with van der Waals surface area (Å²) in [6.07, 6.45) is 8.19. The average Bonchev–Trinajstić information content (AvgIpc) is 2.53. The van der Waals surface area contributed by atoms with Gasteiger partial charge in [0.25, 0.3) is 0 Å². The van der Waals surface area contributed by atoms with E-state index in [4.69, 9.17) is 5.73 Å². The molecule has 0 aliphatic heterocycles. The molecule has 3 heteroatoms. The Labute approximate surface area is 104 Å². The predicted molar refractivity (Wildman–Crippen MR) is 71.7 cm³/mol. The second-order valence-corrected chi connectivity index (χ2v) is 6.43.